The molecule has 0 saturated heterocycles. The molecular weight excluding hydrogens is 256 g/mol. The van der Waals surface area contributed by atoms with Crippen LogP contribution in [0, 0.1) is 0 Å². The van der Waals surface area contributed by atoms with Gasteiger partial charge in [0.15, 0.2) is 5.78 Å². The van der Waals surface area contributed by atoms with Gasteiger partial charge in [0, 0.05) is 11.1 Å². The molecule has 1 aliphatic carbocycles. The number of phenolic OH excluding ortho intramolecular Hbond substituents is 1. The van der Waals surface area contributed by atoms with Gasteiger partial charge in [0.05, 0.1) is 22.4 Å². The minimum Gasteiger partial charge on any atom is -0.506 e. The largest absolute Gasteiger partial charge is 0.506 e. The highest BCUT2D eigenvalue weighted by atomic mass is 16.3. The topological polar surface area (TPSA) is 115 Å². The molecule has 0 atom stereocenters. The van der Waals surface area contributed by atoms with Crippen LogP contribution in [0.1, 0.15) is 29.8 Å². The number of phenols is 1. The van der Waals surface area contributed by atoms with E-state index in [1.807, 2.05) is 0 Å². The number of nitrogens with zero attached hydrogens (tertiary/aromatic N) is 2. The van der Waals surface area contributed by atoms with Crippen LogP contribution < -0.4 is 11.5 Å². The lowest BCUT2D eigenvalue weighted by Gasteiger charge is -2.32. The van der Waals surface area contributed by atoms with Crippen molar-refractivity contribution in [3.8, 4) is 17.0 Å². The fourth-order valence-electron chi connectivity index (χ4n) is 2.70. The van der Waals surface area contributed by atoms with Crippen LogP contribution in [0.15, 0.2) is 18.5 Å². The number of hydrogen-bond donors (Lipinski definition) is 3. The molecule has 1 aliphatic rings. The molecule has 102 valence electrons. The van der Waals surface area contributed by atoms with Crippen LogP contribution in [0.4, 0.5) is 11.5 Å². The molecule has 1 aromatic carbocycles. The number of carbonyl (C=O) groups is 1. The smallest absolute Gasteiger partial charge is 0.175 e. The number of aromatic nitrogens is 2. The summed E-state index contributed by atoms with van der Waals surface area (Å²) in [4.78, 5) is 20.9. The Morgan fingerprint density at radius 2 is 1.90 bits per heavy atom. The second-order valence-corrected chi connectivity index (χ2v) is 5.36. The number of nitrogens with two attached hydrogens (primary N) is 2. The van der Waals surface area contributed by atoms with E-state index in [1.165, 1.54) is 12.4 Å². The number of carbonyl (C=O) groups excluding carboxylic acids is 1. The maximum absolute atomic E-state index is 12.7. The Morgan fingerprint density at radius 3 is 2.60 bits per heavy atom. The summed E-state index contributed by atoms with van der Waals surface area (Å²) in [6.45, 7) is 3.50. The summed E-state index contributed by atoms with van der Waals surface area (Å²) in [6.07, 6.45) is 1.35. The van der Waals surface area contributed by atoms with Crippen LogP contribution >= 0.6 is 0 Å². The number of Topliss-reactive ketones (excluding diaryl/α,β-unsaturated/α-hetero) is 1. The zero-order valence-corrected chi connectivity index (χ0v) is 11.1. The van der Waals surface area contributed by atoms with Crippen LogP contribution in [0.25, 0.3) is 11.3 Å². The molecule has 2 aromatic rings. The van der Waals surface area contributed by atoms with E-state index in [0.29, 0.717) is 22.4 Å². The summed E-state index contributed by atoms with van der Waals surface area (Å²) in [5.41, 5.74) is 13.0. The van der Waals surface area contributed by atoms with Gasteiger partial charge in [0.25, 0.3) is 0 Å². The van der Waals surface area contributed by atoms with Crippen molar-refractivity contribution in [1.82, 2.24) is 9.97 Å². The number of rotatable bonds is 0. The highest BCUT2D eigenvalue weighted by molar-refractivity contribution is 6.16. The Labute approximate surface area is 115 Å². The molecular formula is C14H14N4O2. The van der Waals surface area contributed by atoms with Crippen molar-refractivity contribution in [2.24, 2.45) is 0 Å². The van der Waals surface area contributed by atoms with Crippen molar-refractivity contribution >= 4 is 17.3 Å². The molecule has 0 spiro atoms. The monoisotopic (exact) mass is 270 g/mol. The fraction of sp³-hybridized carbons (Fsp3) is 0.214. The number of nitrogen functional groups attached to an aromatic ring is 2. The molecule has 5 N–H and O–H groups in total. The van der Waals surface area contributed by atoms with Gasteiger partial charge in [-0.05, 0) is 26.0 Å². The van der Waals surface area contributed by atoms with Crippen LogP contribution in [0.2, 0.25) is 0 Å². The van der Waals surface area contributed by atoms with E-state index in [9.17, 15) is 9.90 Å². The molecule has 0 aliphatic heterocycles. The van der Waals surface area contributed by atoms with E-state index in [4.69, 9.17) is 11.5 Å². The van der Waals surface area contributed by atoms with E-state index in [-0.39, 0.29) is 23.0 Å². The number of ketones is 1. The third kappa shape index (κ3) is 1.36. The summed E-state index contributed by atoms with van der Waals surface area (Å²) in [6, 6.07) is 3.07. The van der Waals surface area contributed by atoms with E-state index in [2.05, 4.69) is 9.97 Å². The van der Waals surface area contributed by atoms with Gasteiger partial charge in [-0.15, -0.1) is 0 Å². The SMILES string of the molecule is CC1(C)C(=O)c2c(ccc(O)c2N)-c2ncnc(N)c21. The van der Waals surface area contributed by atoms with Gasteiger partial charge in [-0.3, -0.25) is 4.79 Å². The predicted molar refractivity (Wildman–Crippen MR) is 75.3 cm³/mol. The van der Waals surface area contributed by atoms with Gasteiger partial charge in [0.2, 0.25) is 0 Å². The number of benzene rings is 1. The van der Waals surface area contributed by atoms with Crippen LogP contribution in [-0.4, -0.2) is 20.9 Å². The second-order valence-electron chi connectivity index (χ2n) is 5.36. The summed E-state index contributed by atoms with van der Waals surface area (Å²) in [7, 11) is 0. The summed E-state index contributed by atoms with van der Waals surface area (Å²) in [5.74, 6) is -0.0288. The molecule has 6 nitrogen and oxygen atoms in total. The molecule has 0 fully saturated rings. The maximum atomic E-state index is 12.7. The minimum atomic E-state index is -0.893. The molecule has 0 radical (unpaired) electrons. The van der Waals surface area contributed by atoms with Crippen molar-refractivity contribution in [2.75, 3.05) is 11.5 Å². The first-order valence-electron chi connectivity index (χ1n) is 6.13. The average Bonchev–Trinajstić information content (AvgIpc) is 2.39. The van der Waals surface area contributed by atoms with E-state index < -0.39 is 5.41 Å². The van der Waals surface area contributed by atoms with Gasteiger partial charge >= 0.3 is 0 Å². The minimum absolute atomic E-state index is 0.0726. The normalized spacial score (nSPS) is 15.6. The molecule has 1 heterocycles. The van der Waals surface area contributed by atoms with Gasteiger partial charge in [-0.2, -0.15) is 0 Å². The van der Waals surface area contributed by atoms with Gasteiger partial charge in [0.1, 0.15) is 17.9 Å². The van der Waals surface area contributed by atoms with Crippen LogP contribution in [0.5, 0.6) is 5.75 Å². The highest BCUT2D eigenvalue weighted by Gasteiger charge is 2.43. The van der Waals surface area contributed by atoms with Crippen molar-refractivity contribution in [2.45, 2.75) is 19.3 Å². The molecule has 0 bridgehead atoms. The molecule has 0 amide bonds. The van der Waals surface area contributed by atoms with Gasteiger partial charge < -0.3 is 16.6 Å². The van der Waals surface area contributed by atoms with Crippen LogP contribution in [-0.2, 0) is 5.41 Å². The fourth-order valence-corrected chi connectivity index (χ4v) is 2.70. The van der Waals surface area contributed by atoms with E-state index >= 15 is 0 Å². The zero-order valence-electron chi connectivity index (χ0n) is 11.1. The Hall–Kier alpha value is -2.63. The number of aromatic hydroxyl groups is 1. The van der Waals surface area contributed by atoms with Crippen molar-refractivity contribution in [1.29, 1.82) is 0 Å². The Morgan fingerprint density at radius 1 is 1.20 bits per heavy atom. The summed E-state index contributed by atoms with van der Waals surface area (Å²) >= 11 is 0. The summed E-state index contributed by atoms with van der Waals surface area (Å²) in [5, 5.41) is 9.73. The summed E-state index contributed by atoms with van der Waals surface area (Å²) < 4.78 is 0. The lowest BCUT2D eigenvalue weighted by Crippen LogP contribution is -2.35. The number of anilines is 2. The zero-order chi connectivity index (χ0) is 14.7. The lowest BCUT2D eigenvalue weighted by atomic mass is 9.70. The van der Waals surface area contributed by atoms with E-state index in [1.54, 1.807) is 19.9 Å². The van der Waals surface area contributed by atoms with Crippen LogP contribution in [0.3, 0.4) is 0 Å². The first-order chi connectivity index (χ1) is 9.35. The third-order valence-corrected chi connectivity index (χ3v) is 3.77. The molecule has 6 heteroatoms. The lowest BCUT2D eigenvalue weighted by molar-refractivity contribution is 0.0907. The average molecular weight is 270 g/mol. The first kappa shape index (κ1) is 12.4. The van der Waals surface area contributed by atoms with Gasteiger partial charge in [-0.25, -0.2) is 9.97 Å². The Balaban J connectivity index is 2.48. The van der Waals surface area contributed by atoms with Gasteiger partial charge in [-0.1, -0.05) is 0 Å². The number of hydrogen-bond acceptors (Lipinski definition) is 6. The molecule has 20 heavy (non-hydrogen) atoms. The first-order valence-corrected chi connectivity index (χ1v) is 6.13. The van der Waals surface area contributed by atoms with Crippen molar-refractivity contribution < 1.29 is 9.90 Å². The Bertz CT molecular complexity index is 753. The third-order valence-electron chi connectivity index (χ3n) is 3.77. The molecule has 0 unspecified atom stereocenters. The maximum Gasteiger partial charge on any atom is 0.175 e. The quantitative estimate of drug-likeness (QED) is 0.493. The number of fused-ring (bicyclic) bond motifs is 3. The standard InChI is InChI=1S/C14H14N4O2/c1-14(2)9-11(17-5-18-13(9)16)6-3-4-7(19)10(15)8(6)12(14)20/h3-5,19H,15H2,1-2H3,(H2,16,17,18). The molecule has 0 saturated carbocycles. The van der Waals surface area contributed by atoms with E-state index in [0.717, 1.165) is 0 Å². The highest BCUT2D eigenvalue weighted by Crippen LogP contribution is 2.47. The predicted octanol–water partition coefficient (Wildman–Crippen LogP) is 1.49. The van der Waals surface area contributed by atoms with Crippen molar-refractivity contribution in [3.63, 3.8) is 0 Å². The molecule has 1 aromatic heterocycles. The second kappa shape index (κ2) is 3.69. The van der Waals surface area contributed by atoms with Crippen molar-refractivity contribution in [3.05, 3.63) is 29.6 Å². The Kier molecular flexibility index (Phi) is 2.29. The molecule has 3 rings (SSSR count).